The fourth-order valence-electron chi connectivity index (χ4n) is 2.23. The third kappa shape index (κ3) is 5.53. The van der Waals surface area contributed by atoms with Crippen molar-refractivity contribution in [2.45, 2.75) is 71.4 Å². The van der Waals surface area contributed by atoms with Crippen LogP contribution in [0.2, 0.25) is 0 Å². The predicted octanol–water partition coefficient (Wildman–Crippen LogP) is 2.89. The molecule has 1 aliphatic heterocycles. The van der Waals surface area contributed by atoms with Gasteiger partial charge in [0.05, 0.1) is 0 Å². The van der Waals surface area contributed by atoms with E-state index in [-0.39, 0.29) is 17.6 Å². The normalized spacial score (nSPS) is 25.6. The Morgan fingerprint density at radius 1 is 1.35 bits per heavy atom. The predicted molar refractivity (Wildman–Crippen MR) is 69.9 cm³/mol. The van der Waals surface area contributed by atoms with Crippen LogP contribution in [0.15, 0.2) is 0 Å². The summed E-state index contributed by atoms with van der Waals surface area (Å²) >= 11 is 0. The van der Waals surface area contributed by atoms with Gasteiger partial charge in [-0.1, -0.05) is 19.8 Å². The topological polar surface area (TPSA) is 38.3 Å². The second-order valence-electron chi connectivity index (χ2n) is 6.08. The lowest BCUT2D eigenvalue weighted by Gasteiger charge is -2.30. The van der Waals surface area contributed by atoms with E-state index in [9.17, 15) is 4.79 Å². The zero-order valence-corrected chi connectivity index (χ0v) is 11.7. The lowest BCUT2D eigenvalue weighted by atomic mass is 9.90. The summed E-state index contributed by atoms with van der Waals surface area (Å²) in [6.45, 7) is 8.93. The molecule has 100 valence electrons. The van der Waals surface area contributed by atoms with E-state index in [1.807, 2.05) is 20.8 Å². The van der Waals surface area contributed by atoms with Crippen molar-refractivity contribution in [2.24, 2.45) is 5.92 Å². The highest BCUT2D eigenvalue weighted by atomic mass is 16.6. The summed E-state index contributed by atoms with van der Waals surface area (Å²) in [5, 5.41) is 3.33. The molecule has 1 fully saturated rings. The Morgan fingerprint density at radius 2 is 2.06 bits per heavy atom. The van der Waals surface area contributed by atoms with Crippen LogP contribution in [-0.4, -0.2) is 24.2 Å². The van der Waals surface area contributed by atoms with Gasteiger partial charge in [0.1, 0.15) is 11.6 Å². The average molecular weight is 241 g/mol. The van der Waals surface area contributed by atoms with Crippen molar-refractivity contribution in [1.29, 1.82) is 0 Å². The molecule has 2 unspecified atom stereocenters. The third-order valence-corrected chi connectivity index (χ3v) is 3.17. The third-order valence-electron chi connectivity index (χ3n) is 3.17. The van der Waals surface area contributed by atoms with Crippen LogP contribution < -0.4 is 5.32 Å². The van der Waals surface area contributed by atoms with Crippen molar-refractivity contribution < 1.29 is 9.53 Å². The van der Waals surface area contributed by atoms with Crippen LogP contribution in [0.3, 0.4) is 0 Å². The van der Waals surface area contributed by atoms with Crippen molar-refractivity contribution in [3.8, 4) is 0 Å². The summed E-state index contributed by atoms with van der Waals surface area (Å²) < 4.78 is 5.39. The summed E-state index contributed by atoms with van der Waals surface area (Å²) in [4.78, 5) is 11.8. The standard InChI is InChI=1S/C14H27NO2/c1-5-6-7-11-8-9-12(15-10-11)13(16)17-14(2,3)4/h11-12,15H,5-10H2,1-4H3. The molecule has 0 spiro atoms. The van der Waals surface area contributed by atoms with Gasteiger partial charge in [-0.3, -0.25) is 4.79 Å². The fourth-order valence-corrected chi connectivity index (χ4v) is 2.23. The van der Waals surface area contributed by atoms with Gasteiger partial charge in [-0.2, -0.15) is 0 Å². The van der Waals surface area contributed by atoms with E-state index in [1.54, 1.807) is 0 Å². The smallest absolute Gasteiger partial charge is 0.323 e. The summed E-state index contributed by atoms with van der Waals surface area (Å²) in [6.07, 6.45) is 5.90. The van der Waals surface area contributed by atoms with Crippen molar-refractivity contribution >= 4 is 5.97 Å². The van der Waals surface area contributed by atoms with E-state index in [0.29, 0.717) is 0 Å². The van der Waals surface area contributed by atoms with Gasteiger partial charge in [0.15, 0.2) is 0 Å². The van der Waals surface area contributed by atoms with Gasteiger partial charge in [0.25, 0.3) is 0 Å². The van der Waals surface area contributed by atoms with Gasteiger partial charge in [-0.15, -0.1) is 0 Å². The Labute approximate surface area is 105 Å². The zero-order valence-electron chi connectivity index (χ0n) is 11.7. The minimum Gasteiger partial charge on any atom is -0.459 e. The molecule has 1 saturated heterocycles. The highest BCUT2D eigenvalue weighted by Gasteiger charge is 2.29. The molecule has 3 nitrogen and oxygen atoms in total. The van der Waals surface area contributed by atoms with Crippen LogP contribution in [0, 0.1) is 5.92 Å². The molecular formula is C14H27NO2. The molecule has 0 radical (unpaired) electrons. The molecule has 0 aromatic heterocycles. The average Bonchev–Trinajstić information content (AvgIpc) is 2.24. The van der Waals surface area contributed by atoms with E-state index < -0.39 is 0 Å². The second-order valence-corrected chi connectivity index (χ2v) is 6.08. The number of unbranched alkanes of at least 4 members (excludes halogenated alkanes) is 1. The van der Waals surface area contributed by atoms with E-state index in [1.165, 1.54) is 19.3 Å². The number of nitrogens with one attached hydrogen (secondary N) is 1. The molecule has 0 amide bonds. The second kappa shape index (κ2) is 6.39. The number of hydrogen-bond donors (Lipinski definition) is 1. The van der Waals surface area contributed by atoms with Gasteiger partial charge < -0.3 is 10.1 Å². The van der Waals surface area contributed by atoms with Crippen LogP contribution in [0.5, 0.6) is 0 Å². The monoisotopic (exact) mass is 241 g/mol. The molecule has 0 aromatic carbocycles. The molecule has 1 aliphatic rings. The van der Waals surface area contributed by atoms with E-state index in [4.69, 9.17) is 4.74 Å². The van der Waals surface area contributed by atoms with Crippen LogP contribution in [-0.2, 0) is 9.53 Å². The highest BCUT2D eigenvalue weighted by Crippen LogP contribution is 2.21. The maximum atomic E-state index is 11.8. The quantitative estimate of drug-likeness (QED) is 0.769. The maximum absolute atomic E-state index is 11.8. The summed E-state index contributed by atoms with van der Waals surface area (Å²) in [6, 6.07) is -0.0906. The number of hydrogen-bond acceptors (Lipinski definition) is 3. The first kappa shape index (κ1) is 14.5. The number of carbonyl (C=O) groups excluding carboxylic acids is 1. The fraction of sp³-hybridized carbons (Fsp3) is 0.929. The number of rotatable bonds is 4. The van der Waals surface area contributed by atoms with Crippen LogP contribution in [0.1, 0.15) is 59.8 Å². The van der Waals surface area contributed by atoms with Crippen LogP contribution >= 0.6 is 0 Å². The van der Waals surface area contributed by atoms with Gasteiger partial charge >= 0.3 is 5.97 Å². The number of carbonyl (C=O) groups is 1. The molecule has 1 rings (SSSR count). The Kier molecular flexibility index (Phi) is 5.44. The van der Waals surface area contributed by atoms with E-state index in [2.05, 4.69) is 12.2 Å². The summed E-state index contributed by atoms with van der Waals surface area (Å²) in [5.41, 5.74) is -0.377. The highest BCUT2D eigenvalue weighted by molar-refractivity contribution is 5.76. The van der Waals surface area contributed by atoms with Gasteiger partial charge in [-0.05, 0) is 52.5 Å². The number of ether oxygens (including phenoxy) is 1. The van der Waals surface area contributed by atoms with Crippen molar-refractivity contribution in [2.75, 3.05) is 6.54 Å². The lowest BCUT2D eigenvalue weighted by molar-refractivity contribution is -0.158. The molecule has 3 heteroatoms. The Bertz CT molecular complexity index is 237. The van der Waals surface area contributed by atoms with Crippen molar-refractivity contribution in [3.63, 3.8) is 0 Å². The molecule has 0 aromatic rings. The Hall–Kier alpha value is -0.570. The van der Waals surface area contributed by atoms with E-state index >= 15 is 0 Å². The molecule has 1 N–H and O–H groups in total. The van der Waals surface area contributed by atoms with Crippen molar-refractivity contribution in [1.82, 2.24) is 5.32 Å². The van der Waals surface area contributed by atoms with Gasteiger partial charge in [0, 0.05) is 0 Å². The molecule has 0 saturated carbocycles. The zero-order chi connectivity index (χ0) is 12.9. The first-order valence-corrected chi connectivity index (χ1v) is 6.88. The summed E-state index contributed by atoms with van der Waals surface area (Å²) in [5.74, 6) is 0.653. The molecular weight excluding hydrogens is 214 g/mol. The SMILES string of the molecule is CCCCC1CCC(C(=O)OC(C)(C)C)NC1. The summed E-state index contributed by atoms with van der Waals surface area (Å²) in [7, 11) is 0. The molecule has 1 heterocycles. The van der Waals surface area contributed by atoms with Crippen LogP contribution in [0.25, 0.3) is 0 Å². The largest absolute Gasteiger partial charge is 0.459 e. The Balaban J connectivity index is 2.29. The maximum Gasteiger partial charge on any atom is 0.323 e. The number of piperidine rings is 1. The minimum absolute atomic E-state index is 0.0906. The van der Waals surface area contributed by atoms with Gasteiger partial charge in [0.2, 0.25) is 0 Å². The Morgan fingerprint density at radius 3 is 2.53 bits per heavy atom. The molecule has 17 heavy (non-hydrogen) atoms. The van der Waals surface area contributed by atoms with E-state index in [0.717, 1.165) is 25.3 Å². The first-order chi connectivity index (χ1) is 7.92. The van der Waals surface area contributed by atoms with Gasteiger partial charge in [-0.25, -0.2) is 0 Å². The lowest BCUT2D eigenvalue weighted by Crippen LogP contribution is -2.46. The molecule has 0 aliphatic carbocycles. The van der Waals surface area contributed by atoms with Crippen molar-refractivity contribution in [3.05, 3.63) is 0 Å². The molecule has 2 atom stereocenters. The first-order valence-electron chi connectivity index (χ1n) is 6.88. The molecule has 0 bridgehead atoms. The van der Waals surface area contributed by atoms with Crippen LogP contribution in [0.4, 0.5) is 0 Å². The number of esters is 1. The minimum atomic E-state index is -0.377.